The monoisotopic (exact) mass is 320 g/mol. The Morgan fingerprint density at radius 3 is 2.62 bits per heavy atom. The van der Waals surface area contributed by atoms with Crippen LogP contribution in [0.3, 0.4) is 0 Å². The van der Waals surface area contributed by atoms with Crippen LogP contribution >= 0.6 is 0 Å². The summed E-state index contributed by atoms with van der Waals surface area (Å²) in [5.74, 6) is -2.27. The molecular formula is C13H18F2N2O3S. The van der Waals surface area contributed by atoms with Gasteiger partial charge in [0.05, 0.1) is 17.6 Å². The van der Waals surface area contributed by atoms with E-state index in [1.807, 2.05) is 0 Å². The summed E-state index contributed by atoms with van der Waals surface area (Å²) in [6, 6.07) is 2.47. The highest BCUT2D eigenvalue weighted by Crippen LogP contribution is 2.13. The van der Waals surface area contributed by atoms with E-state index in [9.17, 15) is 17.2 Å². The molecule has 2 N–H and O–H groups in total. The van der Waals surface area contributed by atoms with E-state index in [4.69, 9.17) is 4.74 Å². The maximum Gasteiger partial charge on any atom is 0.240 e. The van der Waals surface area contributed by atoms with Gasteiger partial charge in [-0.1, -0.05) is 0 Å². The summed E-state index contributed by atoms with van der Waals surface area (Å²) in [5, 5.41) is 3.20. The van der Waals surface area contributed by atoms with E-state index in [2.05, 4.69) is 10.0 Å². The lowest BCUT2D eigenvalue weighted by molar-refractivity contribution is 0.0367. The zero-order valence-corrected chi connectivity index (χ0v) is 12.3. The molecule has 0 radical (unpaired) electrons. The van der Waals surface area contributed by atoms with E-state index in [1.165, 1.54) is 0 Å². The number of sulfonamides is 1. The Morgan fingerprint density at radius 1 is 1.24 bits per heavy atom. The van der Waals surface area contributed by atoms with Gasteiger partial charge in [0.15, 0.2) is 11.6 Å². The van der Waals surface area contributed by atoms with Crippen LogP contribution in [-0.4, -0.2) is 40.8 Å². The molecule has 0 amide bonds. The summed E-state index contributed by atoms with van der Waals surface area (Å²) in [7, 11) is -3.85. The number of nitrogens with one attached hydrogen (secondary N) is 2. The van der Waals surface area contributed by atoms with E-state index < -0.39 is 21.7 Å². The average Bonchev–Trinajstić information content (AvgIpc) is 2.47. The molecule has 5 nitrogen and oxygen atoms in total. The van der Waals surface area contributed by atoms with Gasteiger partial charge in [-0.15, -0.1) is 0 Å². The summed E-state index contributed by atoms with van der Waals surface area (Å²) >= 11 is 0. The van der Waals surface area contributed by atoms with Crippen LogP contribution in [0.1, 0.15) is 12.8 Å². The number of benzene rings is 1. The second-order valence-electron chi connectivity index (χ2n) is 4.79. The molecule has 0 bridgehead atoms. The van der Waals surface area contributed by atoms with Crippen molar-refractivity contribution in [2.24, 2.45) is 0 Å². The predicted molar refractivity (Wildman–Crippen MR) is 73.4 cm³/mol. The lowest BCUT2D eigenvalue weighted by Crippen LogP contribution is -2.34. The fourth-order valence-electron chi connectivity index (χ4n) is 2.09. The number of piperidine rings is 1. The van der Waals surface area contributed by atoms with Gasteiger partial charge < -0.3 is 10.1 Å². The lowest BCUT2D eigenvalue weighted by Gasteiger charge is -2.22. The van der Waals surface area contributed by atoms with Gasteiger partial charge in [-0.3, -0.25) is 0 Å². The summed E-state index contributed by atoms with van der Waals surface area (Å²) in [4.78, 5) is -0.303. The largest absolute Gasteiger partial charge is 0.377 e. The molecular weight excluding hydrogens is 302 g/mol. The minimum absolute atomic E-state index is 0.0885. The fourth-order valence-corrected chi connectivity index (χ4v) is 3.12. The number of hydrogen-bond acceptors (Lipinski definition) is 4. The molecule has 0 aromatic heterocycles. The van der Waals surface area contributed by atoms with Crippen molar-refractivity contribution >= 4 is 10.0 Å². The first kappa shape index (κ1) is 16.3. The Labute approximate surface area is 122 Å². The van der Waals surface area contributed by atoms with Crippen LogP contribution in [-0.2, 0) is 14.8 Å². The smallest absolute Gasteiger partial charge is 0.240 e. The van der Waals surface area contributed by atoms with Crippen LogP contribution in [0.5, 0.6) is 0 Å². The number of rotatable bonds is 6. The van der Waals surface area contributed by atoms with Crippen LogP contribution in [0.4, 0.5) is 8.78 Å². The average molecular weight is 320 g/mol. The fraction of sp³-hybridized carbons (Fsp3) is 0.538. The third-order valence-electron chi connectivity index (χ3n) is 3.24. The van der Waals surface area contributed by atoms with Crippen molar-refractivity contribution < 1.29 is 21.9 Å². The van der Waals surface area contributed by atoms with Crippen LogP contribution in [0.2, 0.25) is 0 Å². The molecule has 8 heteroatoms. The van der Waals surface area contributed by atoms with Crippen molar-refractivity contribution in [3.8, 4) is 0 Å². The van der Waals surface area contributed by atoms with E-state index in [-0.39, 0.29) is 24.2 Å². The second kappa shape index (κ2) is 7.26. The first-order chi connectivity index (χ1) is 9.99. The molecule has 2 rings (SSSR count). The SMILES string of the molecule is O=S(=O)(NCCOC1CCNCC1)c1ccc(F)c(F)c1. The molecule has 0 aliphatic carbocycles. The Hall–Kier alpha value is -1.09. The molecule has 1 saturated heterocycles. The Morgan fingerprint density at radius 2 is 1.95 bits per heavy atom. The molecule has 21 heavy (non-hydrogen) atoms. The quantitative estimate of drug-likeness (QED) is 0.768. The van der Waals surface area contributed by atoms with Crippen molar-refractivity contribution in [1.29, 1.82) is 0 Å². The van der Waals surface area contributed by atoms with Crippen molar-refractivity contribution in [2.45, 2.75) is 23.8 Å². The van der Waals surface area contributed by atoms with Crippen molar-refractivity contribution in [3.05, 3.63) is 29.8 Å². The zero-order chi connectivity index (χ0) is 15.3. The van der Waals surface area contributed by atoms with E-state index in [0.29, 0.717) is 6.07 Å². The third-order valence-corrected chi connectivity index (χ3v) is 4.69. The van der Waals surface area contributed by atoms with Gasteiger partial charge in [0.1, 0.15) is 0 Å². The Kier molecular flexibility index (Phi) is 5.63. The topological polar surface area (TPSA) is 67.4 Å². The van der Waals surface area contributed by atoms with Crippen LogP contribution in [0.25, 0.3) is 0 Å². The minimum atomic E-state index is -3.85. The molecule has 0 saturated carbocycles. The Balaban J connectivity index is 1.82. The van der Waals surface area contributed by atoms with Crippen molar-refractivity contribution in [2.75, 3.05) is 26.2 Å². The standard InChI is InChI=1S/C13H18F2N2O3S/c14-12-2-1-11(9-13(12)15)21(18,19)17-7-8-20-10-3-5-16-6-4-10/h1-2,9-10,16-17H,3-8H2. The molecule has 0 atom stereocenters. The second-order valence-corrected chi connectivity index (χ2v) is 6.56. The van der Waals surface area contributed by atoms with Gasteiger partial charge in [-0.2, -0.15) is 0 Å². The first-order valence-corrected chi connectivity index (χ1v) is 8.24. The molecule has 1 fully saturated rings. The van der Waals surface area contributed by atoms with E-state index in [0.717, 1.165) is 38.1 Å². The molecule has 118 valence electrons. The first-order valence-electron chi connectivity index (χ1n) is 6.76. The molecule has 1 aliphatic rings. The van der Waals surface area contributed by atoms with E-state index >= 15 is 0 Å². The molecule has 1 aromatic rings. The lowest BCUT2D eigenvalue weighted by atomic mass is 10.1. The molecule has 1 aromatic carbocycles. The van der Waals surface area contributed by atoms with Crippen molar-refractivity contribution in [3.63, 3.8) is 0 Å². The summed E-state index contributed by atoms with van der Waals surface area (Å²) < 4.78 is 57.4. The van der Waals surface area contributed by atoms with Crippen molar-refractivity contribution in [1.82, 2.24) is 10.0 Å². The van der Waals surface area contributed by atoms with Crippen LogP contribution in [0, 0.1) is 11.6 Å². The number of halogens is 2. The third kappa shape index (κ3) is 4.70. The van der Waals surface area contributed by atoms with Gasteiger partial charge in [-0.05, 0) is 44.1 Å². The highest BCUT2D eigenvalue weighted by atomic mass is 32.2. The van der Waals surface area contributed by atoms with E-state index in [1.54, 1.807) is 0 Å². The molecule has 1 aliphatic heterocycles. The van der Waals surface area contributed by atoms with Crippen LogP contribution < -0.4 is 10.0 Å². The summed E-state index contributed by atoms with van der Waals surface area (Å²) in [6.07, 6.45) is 1.94. The maximum atomic E-state index is 13.0. The summed E-state index contributed by atoms with van der Waals surface area (Å²) in [6.45, 7) is 2.12. The van der Waals surface area contributed by atoms with Gasteiger partial charge in [-0.25, -0.2) is 21.9 Å². The van der Waals surface area contributed by atoms with Gasteiger partial charge in [0.25, 0.3) is 0 Å². The minimum Gasteiger partial charge on any atom is -0.377 e. The number of hydrogen-bond donors (Lipinski definition) is 2. The summed E-state index contributed by atoms with van der Waals surface area (Å²) in [5.41, 5.74) is 0. The van der Waals surface area contributed by atoms with Crippen LogP contribution in [0.15, 0.2) is 23.1 Å². The number of ether oxygens (including phenoxy) is 1. The molecule has 0 spiro atoms. The Bertz CT molecular complexity index is 575. The molecule has 0 unspecified atom stereocenters. The van der Waals surface area contributed by atoms with Gasteiger partial charge in [0, 0.05) is 6.54 Å². The highest BCUT2D eigenvalue weighted by Gasteiger charge is 2.17. The predicted octanol–water partition coefficient (Wildman–Crippen LogP) is 1.01. The zero-order valence-electron chi connectivity index (χ0n) is 11.4. The normalized spacial score (nSPS) is 17.0. The van der Waals surface area contributed by atoms with Gasteiger partial charge >= 0.3 is 0 Å². The highest BCUT2D eigenvalue weighted by molar-refractivity contribution is 7.89. The van der Waals surface area contributed by atoms with Gasteiger partial charge in [0.2, 0.25) is 10.0 Å². The maximum absolute atomic E-state index is 13.0. The molecule has 1 heterocycles.